The summed E-state index contributed by atoms with van der Waals surface area (Å²) in [5.74, 6) is -1.61. The van der Waals surface area contributed by atoms with E-state index in [-0.39, 0.29) is 12.0 Å². The highest BCUT2D eigenvalue weighted by molar-refractivity contribution is 7.53. The predicted molar refractivity (Wildman–Crippen MR) is 107 cm³/mol. The number of carbonyl (C=O) groups is 1. The van der Waals surface area contributed by atoms with Crippen LogP contribution in [-0.4, -0.2) is 36.0 Å². The van der Waals surface area contributed by atoms with Crippen LogP contribution in [0.25, 0.3) is 0 Å². The maximum Gasteiger partial charge on any atom is 0.368 e. The first-order valence-electron chi connectivity index (χ1n) is 8.64. The maximum absolute atomic E-state index is 11.8. The smallest absolute Gasteiger partial charge is 0.368 e. The Morgan fingerprint density at radius 1 is 1.33 bits per heavy atom. The van der Waals surface area contributed by atoms with Crippen LogP contribution in [-0.2, 0) is 18.6 Å². The largest absolute Gasteiger partial charge is 0.480 e. The Labute approximate surface area is 166 Å². The third-order valence-electron chi connectivity index (χ3n) is 2.88. The molecule has 0 spiro atoms. The van der Waals surface area contributed by atoms with Crippen molar-refractivity contribution >= 4 is 25.2 Å². The summed E-state index contributed by atoms with van der Waals surface area (Å²) in [6.07, 6.45) is 1.68. The van der Waals surface area contributed by atoms with E-state index < -0.39 is 26.0 Å². The van der Waals surface area contributed by atoms with E-state index in [1.54, 1.807) is 24.3 Å². The molecule has 0 aliphatic rings. The van der Waals surface area contributed by atoms with Crippen molar-refractivity contribution in [2.45, 2.75) is 58.3 Å². The standard InChI is InChI=1S/C14H20ClO6P.C4H11N/c1-3-4-9-14(22(17,18)19-2)21-13(16)10-20-12-8-6-5-7-11(12)15;1-4(2,3)5/h5-8,14H,3-4,9-10H2,1-2H3,(H,17,18);5H2,1-3H3. The molecule has 1 rings (SSSR count). The van der Waals surface area contributed by atoms with Gasteiger partial charge in [0.1, 0.15) is 5.75 Å². The van der Waals surface area contributed by atoms with Crippen LogP contribution < -0.4 is 10.5 Å². The third kappa shape index (κ3) is 12.8. The first-order chi connectivity index (χ1) is 12.4. The molecule has 0 saturated carbocycles. The summed E-state index contributed by atoms with van der Waals surface area (Å²) in [5, 5.41) is 0.363. The van der Waals surface area contributed by atoms with Gasteiger partial charge in [-0.05, 0) is 45.7 Å². The van der Waals surface area contributed by atoms with E-state index in [1.165, 1.54) is 0 Å². The number of ether oxygens (including phenoxy) is 2. The average Bonchev–Trinajstić information content (AvgIpc) is 2.56. The lowest BCUT2D eigenvalue weighted by molar-refractivity contribution is -0.149. The molecule has 7 nitrogen and oxygen atoms in total. The highest BCUT2D eigenvalue weighted by Gasteiger charge is 2.34. The van der Waals surface area contributed by atoms with Crippen molar-refractivity contribution in [1.29, 1.82) is 0 Å². The third-order valence-corrected chi connectivity index (χ3v) is 4.81. The monoisotopic (exact) mass is 423 g/mol. The molecule has 156 valence electrons. The second kappa shape index (κ2) is 12.4. The van der Waals surface area contributed by atoms with Crippen LogP contribution in [0.3, 0.4) is 0 Å². The molecule has 0 saturated heterocycles. The minimum absolute atomic E-state index is 0. The van der Waals surface area contributed by atoms with E-state index in [4.69, 9.17) is 26.8 Å². The van der Waals surface area contributed by atoms with Gasteiger partial charge >= 0.3 is 13.6 Å². The fourth-order valence-corrected chi connectivity index (χ4v) is 2.85. The van der Waals surface area contributed by atoms with Crippen LogP contribution in [0.1, 0.15) is 47.0 Å². The van der Waals surface area contributed by atoms with Crippen molar-refractivity contribution in [1.82, 2.24) is 0 Å². The van der Waals surface area contributed by atoms with Gasteiger partial charge in [0, 0.05) is 12.6 Å². The molecule has 9 heteroatoms. The predicted octanol–water partition coefficient (Wildman–Crippen LogP) is 4.35. The van der Waals surface area contributed by atoms with Gasteiger partial charge in [0.2, 0.25) is 5.85 Å². The second-order valence-electron chi connectivity index (χ2n) is 6.92. The Hall–Kier alpha value is -1.11. The Morgan fingerprint density at radius 3 is 2.37 bits per heavy atom. The molecule has 27 heavy (non-hydrogen) atoms. The van der Waals surface area contributed by atoms with Crippen molar-refractivity contribution in [3.63, 3.8) is 0 Å². The minimum atomic E-state index is -4.00. The van der Waals surface area contributed by atoms with E-state index >= 15 is 0 Å². The zero-order valence-electron chi connectivity index (χ0n) is 16.6. The summed E-state index contributed by atoms with van der Waals surface area (Å²) in [6, 6.07) is 6.67. The number of benzene rings is 1. The number of halogens is 1. The van der Waals surface area contributed by atoms with E-state index in [9.17, 15) is 14.3 Å². The number of para-hydroxylation sites is 1. The van der Waals surface area contributed by atoms with E-state index in [2.05, 4.69) is 4.52 Å². The van der Waals surface area contributed by atoms with Crippen molar-refractivity contribution in [2.24, 2.45) is 5.73 Å². The van der Waals surface area contributed by atoms with Crippen LogP contribution in [0.5, 0.6) is 5.75 Å². The van der Waals surface area contributed by atoms with Gasteiger partial charge in [0.05, 0.1) is 5.02 Å². The van der Waals surface area contributed by atoms with Crippen molar-refractivity contribution in [3.05, 3.63) is 29.3 Å². The lowest BCUT2D eigenvalue weighted by Crippen LogP contribution is -2.26. The molecular weight excluding hydrogens is 393 g/mol. The molecule has 0 radical (unpaired) electrons. The number of esters is 1. The number of hydrogen-bond acceptors (Lipinski definition) is 6. The molecule has 0 amide bonds. The first kappa shape index (κ1) is 25.9. The number of carbonyl (C=O) groups excluding carboxylic acids is 1. The number of rotatable bonds is 9. The minimum Gasteiger partial charge on any atom is -0.480 e. The Kier molecular flexibility index (Phi) is 11.9. The molecule has 0 bridgehead atoms. The molecule has 2 atom stereocenters. The molecule has 1 aromatic rings. The quantitative estimate of drug-likeness (QED) is 0.448. The van der Waals surface area contributed by atoms with Crippen LogP contribution in [0.4, 0.5) is 0 Å². The molecule has 1 aromatic carbocycles. The van der Waals surface area contributed by atoms with Gasteiger partial charge in [-0.25, -0.2) is 4.79 Å². The molecule has 2 unspecified atom stereocenters. The zero-order chi connectivity index (χ0) is 21.1. The normalized spacial score (nSPS) is 14.4. The number of nitrogens with two attached hydrogens (primary N) is 1. The van der Waals surface area contributed by atoms with E-state index in [0.717, 1.165) is 13.5 Å². The fraction of sp³-hybridized carbons (Fsp3) is 0.611. The number of hydrogen-bond donors (Lipinski definition) is 2. The Bertz CT molecular complexity index is 614. The topological polar surface area (TPSA) is 108 Å². The summed E-state index contributed by atoms with van der Waals surface area (Å²) in [7, 11) is -2.89. The van der Waals surface area contributed by atoms with Crippen LogP contribution in [0.2, 0.25) is 5.02 Å². The Balaban J connectivity index is 0.00000119. The molecule has 0 aliphatic carbocycles. The van der Waals surface area contributed by atoms with Gasteiger partial charge in [0.15, 0.2) is 6.61 Å². The average molecular weight is 424 g/mol. The van der Waals surface area contributed by atoms with E-state index in [0.29, 0.717) is 17.2 Å². The van der Waals surface area contributed by atoms with Crippen molar-refractivity contribution < 1.29 is 28.3 Å². The van der Waals surface area contributed by atoms with Gasteiger partial charge in [-0.15, -0.1) is 0 Å². The second-order valence-corrected chi connectivity index (χ2v) is 9.40. The highest BCUT2D eigenvalue weighted by Crippen LogP contribution is 2.49. The summed E-state index contributed by atoms with van der Waals surface area (Å²) < 4.78 is 26.7. The SMILES string of the molecule is CC(C)(C)N.CCCCC(OC(=O)COc1ccccc1Cl)P(=O)(O)OC. The van der Waals surface area contributed by atoms with Gasteiger partial charge in [0.25, 0.3) is 0 Å². The summed E-state index contributed by atoms with van der Waals surface area (Å²) in [5.41, 5.74) is 5.35. The molecule has 0 aromatic heterocycles. The van der Waals surface area contributed by atoms with Crippen LogP contribution in [0.15, 0.2) is 24.3 Å². The van der Waals surface area contributed by atoms with E-state index in [1.807, 2.05) is 27.7 Å². The maximum atomic E-state index is 11.8. The van der Waals surface area contributed by atoms with Gasteiger partial charge in [-0.3, -0.25) is 4.57 Å². The number of unbranched alkanes of at least 4 members (excludes halogenated alkanes) is 1. The fourth-order valence-electron chi connectivity index (χ4n) is 1.67. The molecule has 0 heterocycles. The molecule has 3 N–H and O–H groups in total. The summed E-state index contributed by atoms with van der Waals surface area (Å²) >= 11 is 5.90. The van der Waals surface area contributed by atoms with Crippen molar-refractivity contribution in [2.75, 3.05) is 13.7 Å². The molecule has 0 aliphatic heterocycles. The first-order valence-corrected chi connectivity index (χ1v) is 10.7. The van der Waals surface area contributed by atoms with Crippen LogP contribution in [0, 0.1) is 0 Å². The lowest BCUT2D eigenvalue weighted by Gasteiger charge is -2.21. The Morgan fingerprint density at radius 2 is 1.89 bits per heavy atom. The summed E-state index contributed by atoms with van der Waals surface area (Å²) in [4.78, 5) is 21.5. The van der Waals surface area contributed by atoms with Crippen molar-refractivity contribution in [3.8, 4) is 5.75 Å². The van der Waals surface area contributed by atoms with Gasteiger partial charge in [-0.1, -0.05) is 37.1 Å². The highest BCUT2D eigenvalue weighted by atomic mass is 35.5. The molecule has 0 fully saturated rings. The zero-order valence-corrected chi connectivity index (χ0v) is 18.3. The lowest BCUT2D eigenvalue weighted by atomic mass is 10.1. The van der Waals surface area contributed by atoms with Gasteiger partial charge < -0.3 is 24.6 Å². The van der Waals surface area contributed by atoms with Crippen LogP contribution >= 0.6 is 19.2 Å². The molecular formula is C18H31ClNO6P. The summed E-state index contributed by atoms with van der Waals surface area (Å²) in [6.45, 7) is 7.41. The van der Waals surface area contributed by atoms with Gasteiger partial charge in [-0.2, -0.15) is 0 Å².